The highest BCUT2D eigenvalue weighted by molar-refractivity contribution is 5.76. The maximum atomic E-state index is 2.34. The number of nitrogens with zero attached hydrogens (tertiary/aromatic N) is 3. The summed E-state index contributed by atoms with van der Waals surface area (Å²) in [5, 5.41) is 0. The number of hydrogen-bond donors (Lipinski definition) is 0. The Kier molecular flexibility index (Phi) is 7.97. The molecule has 0 unspecified atom stereocenters. The van der Waals surface area contributed by atoms with Crippen molar-refractivity contribution in [3.8, 4) is 56.0 Å². The van der Waals surface area contributed by atoms with Gasteiger partial charge in [-0.3, -0.25) is 0 Å². The molecule has 3 aromatic heterocycles. The molecule has 3 nitrogen and oxygen atoms in total. The normalized spacial score (nSPS) is 11.2. The molecule has 0 aliphatic rings. The van der Waals surface area contributed by atoms with Crippen molar-refractivity contribution in [2.24, 2.45) is 21.1 Å². The fourth-order valence-electron chi connectivity index (χ4n) is 6.88. The Labute approximate surface area is 268 Å². The molecular weight excluding hydrogens is 546 g/mol. The fraction of sp³-hybridized carbons (Fsp3) is 0.214. The van der Waals surface area contributed by atoms with E-state index in [1.54, 1.807) is 0 Å². The zero-order valence-corrected chi connectivity index (χ0v) is 28.2. The van der Waals surface area contributed by atoms with Gasteiger partial charge in [0.1, 0.15) is 21.1 Å². The van der Waals surface area contributed by atoms with Gasteiger partial charge >= 0.3 is 0 Å². The van der Waals surface area contributed by atoms with Crippen LogP contribution in [0.15, 0.2) is 104 Å². The van der Waals surface area contributed by atoms with E-state index in [-0.39, 0.29) is 0 Å². The van der Waals surface area contributed by atoms with Gasteiger partial charge in [-0.05, 0) is 105 Å². The molecule has 0 aliphatic heterocycles. The van der Waals surface area contributed by atoms with Crippen molar-refractivity contribution in [1.29, 1.82) is 0 Å². The maximum absolute atomic E-state index is 2.34. The molecule has 6 aromatic rings. The molecule has 0 atom stereocenters. The highest BCUT2D eigenvalue weighted by Gasteiger charge is 2.21. The van der Waals surface area contributed by atoms with E-state index in [0.717, 1.165) is 0 Å². The lowest BCUT2D eigenvalue weighted by atomic mass is 9.93. The second-order valence-corrected chi connectivity index (χ2v) is 12.8. The van der Waals surface area contributed by atoms with Crippen LogP contribution in [0.5, 0.6) is 0 Å². The molecular formula is C42H44N3+3. The zero-order valence-electron chi connectivity index (χ0n) is 28.2. The molecule has 0 bridgehead atoms. The smallest absolute Gasteiger partial charge is 0.201 e. The average molecular weight is 591 g/mol. The van der Waals surface area contributed by atoms with E-state index in [4.69, 9.17) is 0 Å². The highest BCUT2D eigenvalue weighted by atomic mass is 14.9. The van der Waals surface area contributed by atoms with Crippen LogP contribution in [0.2, 0.25) is 0 Å². The minimum absolute atomic E-state index is 1.22. The van der Waals surface area contributed by atoms with Gasteiger partial charge in [0.25, 0.3) is 0 Å². The molecule has 0 spiro atoms. The summed E-state index contributed by atoms with van der Waals surface area (Å²) in [6.45, 7) is 13.2. The Morgan fingerprint density at radius 3 is 1.64 bits per heavy atom. The van der Waals surface area contributed by atoms with Gasteiger partial charge in [-0.2, -0.15) is 0 Å². The quantitative estimate of drug-likeness (QED) is 0.179. The Bertz CT molecular complexity index is 2080. The van der Waals surface area contributed by atoms with Gasteiger partial charge < -0.3 is 0 Å². The van der Waals surface area contributed by atoms with Gasteiger partial charge in [-0.15, -0.1) is 0 Å². The third-order valence-electron chi connectivity index (χ3n) is 9.24. The van der Waals surface area contributed by atoms with Crippen molar-refractivity contribution in [2.75, 3.05) is 0 Å². The van der Waals surface area contributed by atoms with Crippen molar-refractivity contribution in [2.45, 2.75) is 41.5 Å². The Balaban J connectivity index is 1.32. The van der Waals surface area contributed by atoms with Gasteiger partial charge in [-0.1, -0.05) is 42.5 Å². The van der Waals surface area contributed by atoms with Crippen LogP contribution in [0, 0.1) is 41.5 Å². The summed E-state index contributed by atoms with van der Waals surface area (Å²) >= 11 is 0. The molecule has 0 N–H and O–H groups in total. The van der Waals surface area contributed by atoms with E-state index in [9.17, 15) is 0 Å². The summed E-state index contributed by atoms with van der Waals surface area (Å²) in [7, 11) is 6.44. The molecule has 45 heavy (non-hydrogen) atoms. The first-order chi connectivity index (χ1) is 21.5. The van der Waals surface area contributed by atoms with E-state index in [1.165, 1.54) is 89.4 Å². The van der Waals surface area contributed by atoms with Crippen LogP contribution in [0.4, 0.5) is 0 Å². The van der Waals surface area contributed by atoms with E-state index >= 15 is 0 Å². The Morgan fingerprint density at radius 2 is 0.978 bits per heavy atom. The van der Waals surface area contributed by atoms with Gasteiger partial charge in [0.05, 0.1) is 0 Å². The molecule has 0 saturated carbocycles. The molecule has 3 heterocycles. The second kappa shape index (κ2) is 11.9. The van der Waals surface area contributed by atoms with Crippen LogP contribution >= 0.6 is 0 Å². The summed E-state index contributed by atoms with van der Waals surface area (Å²) in [6.07, 6.45) is 6.73. The number of aromatic nitrogens is 3. The lowest BCUT2D eigenvalue weighted by Gasteiger charge is -2.13. The first kappa shape index (κ1) is 30.1. The third kappa shape index (κ3) is 5.71. The lowest BCUT2D eigenvalue weighted by molar-refractivity contribution is -0.660. The predicted molar refractivity (Wildman–Crippen MR) is 186 cm³/mol. The summed E-state index contributed by atoms with van der Waals surface area (Å²) < 4.78 is 6.76. The summed E-state index contributed by atoms with van der Waals surface area (Å²) in [5.74, 6) is 0. The van der Waals surface area contributed by atoms with Crippen LogP contribution < -0.4 is 13.7 Å². The molecule has 3 heteroatoms. The molecule has 0 saturated heterocycles. The van der Waals surface area contributed by atoms with Gasteiger partial charge in [0, 0.05) is 51.1 Å². The number of hydrogen-bond acceptors (Lipinski definition) is 0. The number of benzene rings is 3. The largest absolute Gasteiger partial charge is 0.215 e. The predicted octanol–water partition coefficient (Wildman–Crippen LogP) is 8.35. The van der Waals surface area contributed by atoms with E-state index in [0.29, 0.717) is 0 Å². The summed E-state index contributed by atoms with van der Waals surface area (Å²) in [5.41, 5.74) is 20.2. The molecule has 0 radical (unpaired) electrons. The lowest BCUT2D eigenvalue weighted by Crippen LogP contribution is -2.32. The Hall–Kier alpha value is -4.89. The van der Waals surface area contributed by atoms with E-state index < -0.39 is 0 Å². The monoisotopic (exact) mass is 590 g/mol. The van der Waals surface area contributed by atoms with Gasteiger partial charge in [0.2, 0.25) is 17.1 Å². The fourth-order valence-corrected chi connectivity index (χ4v) is 6.88. The summed E-state index contributed by atoms with van der Waals surface area (Å²) in [6, 6.07) is 31.4. The van der Waals surface area contributed by atoms with Crippen molar-refractivity contribution < 1.29 is 13.7 Å². The second-order valence-electron chi connectivity index (χ2n) is 12.8. The molecule has 3 aromatic carbocycles. The number of pyridine rings is 3. The topological polar surface area (TPSA) is 11.6 Å². The minimum Gasteiger partial charge on any atom is -0.201 e. The molecule has 0 fully saturated rings. The third-order valence-corrected chi connectivity index (χ3v) is 9.24. The summed E-state index contributed by atoms with van der Waals surface area (Å²) in [4.78, 5) is 0. The first-order valence-corrected chi connectivity index (χ1v) is 15.8. The number of rotatable bonds is 5. The standard InChI is InChI=1S/C42H44N3/c1-27-14-19-40(43(7)24-27)36-18-16-34(21-30(36)4)39-26-44(8)41(23-31(39)5)37-17-15-33(20-29(37)3)35-22-32(6)42(45(9)25-35)38-13-11-10-12-28(38)2/h10-26H,1-9H3/q+3. The van der Waals surface area contributed by atoms with Crippen LogP contribution in [0.1, 0.15) is 33.4 Å². The highest BCUT2D eigenvalue weighted by Crippen LogP contribution is 2.33. The molecule has 0 aliphatic carbocycles. The first-order valence-electron chi connectivity index (χ1n) is 15.8. The van der Waals surface area contributed by atoms with Crippen LogP contribution in [0.25, 0.3) is 56.0 Å². The van der Waals surface area contributed by atoms with Crippen LogP contribution in [-0.2, 0) is 21.1 Å². The number of aryl methyl sites for hydroxylation is 9. The van der Waals surface area contributed by atoms with E-state index in [1.807, 2.05) is 0 Å². The SMILES string of the molecule is Cc1ccc(-c2ccc(-c3c[n+](C)c(-c4ccc(-c5cc(C)c(-c6ccccc6C)[n+](C)c5)cc4C)cc3C)cc2C)[n+](C)c1. The van der Waals surface area contributed by atoms with Crippen LogP contribution in [0.3, 0.4) is 0 Å². The maximum Gasteiger partial charge on any atom is 0.215 e. The van der Waals surface area contributed by atoms with E-state index in [2.05, 4.69) is 180 Å². The van der Waals surface area contributed by atoms with Crippen LogP contribution in [-0.4, -0.2) is 0 Å². The average Bonchev–Trinajstić information content (AvgIpc) is 2.99. The molecule has 6 rings (SSSR count). The van der Waals surface area contributed by atoms with Crippen molar-refractivity contribution in [3.63, 3.8) is 0 Å². The molecule has 224 valence electrons. The van der Waals surface area contributed by atoms with Gasteiger partial charge in [-0.25, -0.2) is 13.7 Å². The minimum atomic E-state index is 1.22. The van der Waals surface area contributed by atoms with Crippen molar-refractivity contribution in [1.82, 2.24) is 0 Å². The zero-order chi connectivity index (χ0) is 32.0. The van der Waals surface area contributed by atoms with Crippen molar-refractivity contribution in [3.05, 3.63) is 137 Å². The molecule has 0 amide bonds. The van der Waals surface area contributed by atoms with Gasteiger partial charge in [0.15, 0.2) is 18.6 Å². The Morgan fingerprint density at radius 1 is 0.378 bits per heavy atom. The van der Waals surface area contributed by atoms with Crippen molar-refractivity contribution >= 4 is 0 Å².